The SMILES string of the molecule is CCOc1ccc(NCCCN2CCC(Cc3ccc(F)cc3)CC2)cc1Cl. The minimum absolute atomic E-state index is 0.153. The maximum atomic E-state index is 13.0. The van der Waals surface area contributed by atoms with Crippen molar-refractivity contribution in [2.45, 2.75) is 32.6 Å². The van der Waals surface area contributed by atoms with Crippen LogP contribution < -0.4 is 10.1 Å². The highest BCUT2D eigenvalue weighted by Gasteiger charge is 2.19. The Kier molecular flexibility index (Phi) is 7.99. The summed E-state index contributed by atoms with van der Waals surface area (Å²) in [5.74, 6) is 1.30. The molecule has 0 spiro atoms. The van der Waals surface area contributed by atoms with E-state index in [1.165, 1.54) is 18.4 Å². The van der Waals surface area contributed by atoms with Gasteiger partial charge in [0, 0.05) is 12.2 Å². The van der Waals surface area contributed by atoms with Crippen LogP contribution in [0.4, 0.5) is 10.1 Å². The van der Waals surface area contributed by atoms with E-state index < -0.39 is 0 Å². The van der Waals surface area contributed by atoms with Crippen LogP contribution in [-0.2, 0) is 6.42 Å². The van der Waals surface area contributed by atoms with Gasteiger partial charge in [-0.15, -0.1) is 0 Å². The molecule has 1 heterocycles. The Balaban J connectivity index is 1.32. The molecule has 2 aromatic rings. The number of piperidine rings is 1. The van der Waals surface area contributed by atoms with E-state index in [-0.39, 0.29) is 5.82 Å². The van der Waals surface area contributed by atoms with Crippen LogP contribution >= 0.6 is 11.6 Å². The molecule has 0 atom stereocenters. The van der Waals surface area contributed by atoms with Gasteiger partial charge in [-0.25, -0.2) is 4.39 Å². The molecule has 1 saturated heterocycles. The Bertz CT molecular complexity index is 730. The quantitative estimate of drug-likeness (QED) is 0.548. The fraction of sp³-hybridized carbons (Fsp3) is 0.478. The molecule has 0 amide bonds. The second-order valence-electron chi connectivity index (χ2n) is 7.47. The van der Waals surface area contributed by atoms with Crippen molar-refractivity contribution in [2.75, 3.05) is 38.1 Å². The number of likely N-dealkylation sites (tertiary alicyclic amines) is 1. The van der Waals surface area contributed by atoms with Crippen LogP contribution in [0.5, 0.6) is 5.75 Å². The largest absolute Gasteiger partial charge is 0.492 e. The highest BCUT2D eigenvalue weighted by molar-refractivity contribution is 6.32. The summed E-state index contributed by atoms with van der Waals surface area (Å²) in [6, 6.07) is 12.8. The molecule has 1 aliphatic rings. The van der Waals surface area contributed by atoms with Crippen LogP contribution in [-0.4, -0.2) is 37.7 Å². The van der Waals surface area contributed by atoms with Crippen LogP contribution in [0.2, 0.25) is 5.02 Å². The first-order valence-corrected chi connectivity index (χ1v) is 10.6. The Morgan fingerprint density at radius 3 is 2.57 bits per heavy atom. The Labute approximate surface area is 172 Å². The first-order chi connectivity index (χ1) is 13.6. The lowest BCUT2D eigenvalue weighted by atomic mass is 9.90. The number of hydrogen-bond donors (Lipinski definition) is 1. The first-order valence-electron chi connectivity index (χ1n) is 10.3. The van der Waals surface area contributed by atoms with Gasteiger partial charge in [-0.05, 0) is 94.1 Å². The molecular weight excluding hydrogens is 375 g/mol. The number of hydrogen-bond acceptors (Lipinski definition) is 3. The second kappa shape index (κ2) is 10.7. The van der Waals surface area contributed by atoms with E-state index >= 15 is 0 Å². The predicted molar refractivity (Wildman–Crippen MR) is 115 cm³/mol. The molecule has 3 nitrogen and oxygen atoms in total. The van der Waals surface area contributed by atoms with E-state index in [1.54, 1.807) is 12.1 Å². The van der Waals surface area contributed by atoms with Gasteiger partial charge in [0.15, 0.2) is 0 Å². The smallest absolute Gasteiger partial charge is 0.138 e. The van der Waals surface area contributed by atoms with Crippen molar-refractivity contribution < 1.29 is 9.13 Å². The summed E-state index contributed by atoms with van der Waals surface area (Å²) in [5, 5.41) is 4.09. The highest BCUT2D eigenvalue weighted by Crippen LogP contribution is 2.27. The van der Waals surface area contributed by atoms with Crippen molar-refractivity contribution in [3.05, 3.63) is 58.9 Å². The number of halogens is 2. The van der Waals surface area contributed by atoms with Gasteiger partial charge >= 0.3 is 0 Å². The minimum Gasteiger partial charge on any atom is -0.492 e. The molecule has 1 fully saturated rings. The predicted octanol–water partition coefficient (Wildman–Crippen LogP) is 5.63. The van der Waals surface area contributed by atoms with Gasteiger partial charge in [0.1, 0.15) is 11.6 Å². The molecule has 0 radical (unpaired) electrons. The normalized spacial score (nSPS) is 15.5. The maximum absolute atomic E-state index is 13.0. The summed E-state index contributed by atoms with van der Waals surface area (Å²) in [6.07, 6.45) is 4.61. The number of nitrogens with one attached hydrogen (secondary N) is 1. The number of anilines is 1. The molecule has 152 valence electrons. The molecule has 1 aliphatic heterocycles. The third-order valence-corrected chi connectivity index (χ3v) is 5.65. The number of rotatable bonds is 9. The average Bonchev–Trinajstić information content (AvgIpc) is 2.70. The van der Waals surface area contributed by atoms with Crippen molar-refractivity contribution in [1.82, 2.24) is 4.90 Å². The molecule has 0 bridgehead atoms. The molecule has 5 heteroatoms. The molecular formula is C23H30ClFN2O. The van der Waals surface area contributed by atoms with Gasteiger partial charge in [-0.2, -0.15) is 0 Å². The van der Waals surface area contributed by atoms with E-state index in [4.69, 9.17) is 16.3 Å². The molecule has 0 saturated carbocycles. The number of nitrogens with zero attached hydrogens (tertiary/aromatic N) is 1. The summed E-state index contributed by atoms with van der Waals surface area (Å²) in [5.41, 5.74) is 2.28. The van der Waals surface area contributed by atoms with Gasteiger partial charge in [0.2, 0.25) is 0 Å². The third kappa shape index (κ3) is 6.39. The average molecular weight is 405 g/mol. The maximum Gasteiger partial charge on any atom is 0.138 e. The van der Waals surface area contributed by atoms with Crippen molar-refractivity contribution in [2.24, 2.45) is 5.92 Å². The zero-order chi connectivity index (χ0) is 19.8. The highest BCUT2D eigenvalue weighted by atomic mass is 35.5. The Hall–Kier alpha value is -1.78. The lowest BCUT2D eigenvalue weighted by Crippen LogP contribution is -2.35. The van der Waals surface area contributed by atoms with E-state index in [0.29, 0.717) is 17.5 Å². The van der Waals surface area contributed by atoms with Crippen molar-refractivity contribution in [3.63, 3.8) is 0 Å². The number of benzene rings is 2. The van der Waals surface area contributed by atoms with Crippen LogP contribution in [0.1, 0.15) is 31.7 Å². The van der Waals surface area contributed by atoms with E-state index in [2.05, 4.69) is 10.2 Å². The van der Waals surface area contributed by atoms with Crippen molar-refractivity contribution in [1.29, 1.82) is 0 Å². The number of ether oxygens (including phenoxy) is 1. The van der Waals surface area contributed by atoms with Crippen molar-refractivity contribution in [3.8, 4) is 5.75 Å². The van der Waals surface area contributed by atoms with Crippen LogP contribution in [0.25, 0.3) is 0 Å². The topological polar surface area (TPSA) is 24.5 Å². The van der Waals surface area contributed by atoms with Crippen molar-refractivity contribution >= 4 is 17.3 Å². The summed E-state index contributed by atoms with van der Waals surface area (Å²) < 4.78 is 18.5. The zero-order valence-corrected chi connectivity index (χ0v) is 17.4. The lowest BCUT2D eigenvalue weighted by Gasteiger charge is -2.32. The molecule has 1 N–H and O–H groups in total. The van der Waals surface area contributed by atoms with E-state index in [1.807, 2.05) is 37.3 Å². The van der Waals surface area contributed by atoms with Crippen LogP contribution in [0, 0.1) is 11.7 Å². The second-order valence-corrected chi connectivity index (χ2v) is 7.88. The summed E-state index contributed by atoms with van der Waals surface area (Å²) in [4.78, 5) is 2.55. The third-order valence-electron chi connectivity index (χ3n) is 5.36. The fourth-order valence-electron chi connectivity index (χ4n) is 3.79. The molecule has 28 heavy (non-hydrogen) atoms. The Morgan fingerprint density at radius 1 is 1.14 bits per heavy atom. The van der Waals surface area contributed by atoms with Gasteiger partial charge in [-0.1, -0.05) is 23.7 Å². The lowest BCUT2D eigenvalue weighted by molar-refractivity contribution is 0.183. The van der Waals surface area contributed by atoms with Crippen LogP contribution in [0.15, 0.2) is 42.5 Å². The van der Waals surface area contributed by atoms with E-state index in [0.717, 1.165) is 50.5 Å². The van der Waals surface area contributed by atoms with Gasteiger partial charge in [-0.3, -0.25) is 0 Å². The fourth-order valence-corrected chi connectivity index (χ4v) is 4.02. The summed E-state index contributed by atoms with van der Waals surface area (Å²) >= 11 is 6.23. The minimum atomic E-state index is -0.153. The molecule has 0 aliphatic carbocycles. The van der Waals surface area contributed by atoms with Gasteiger partial charge in [0.05, 0.1) is 11.6 Å². The van der Waals surface area contributed by atoms with Crippen LogP contribution in [0.3, 0.4) is 0 Å². The van der Waals surface area contributed by atoms with Gasteiger partial charge in [0.25, 0.3) is 0 Å². The first kappa shape index (κ1) is 20.9. The molecule has 3 rings (SSSR count). The monoisotopic (exact) mass is 404 g/mol. The van der Waals surface area contributed by atoms with E-state index in [9.17, 15) is 4.39 Å². The summed E-state index contributed by atoms with van der Waals surface area (Å²) in [7, 11) is 0. The zero-order valence-electron chi connectivity index (χ0n) is 16.6. The summed E-state index contributed by atoms with van der Waals surface area (Å²) in [6.45, 7) is 6.92. The Morgan fingerprint density at radius 2 is 1.89 bits per heavy atom. The standard InChI is InChI=1S/C23H30ClFN2O/c1-2-28-23-9-8-21(17-22(23)24)26-12-3-13-27-14-10-19(11-15-27)16-18-4-6-20(25)7-5-18/h4-9,17,19,26H,2-3,10-16H2,1H3. The molecule has 0 aromatic heterocycles. The molecule has 0 unspecified atom stereocenters. The molecule has 2 aromatic carbocycles. The van der Waals surface area contributed by atoms with Gasteiger partial charge < -0.3 is 15.0 Å².